The maximum absolute atomic E-state index is 10.2. The average molecular weight is 391 g/mol. The monoisotopic (exact) mass is 390 g/mol. The Labute approximate surface area is 160 Å². The largest absolute Gasteiger partial charge is 0.390 e. The second kappa shape index (κ2) is 6.61. The Morgan fingerprint density at radius 3 is 2.73 bits per heavy atom. The summed E-state index contributed by atoms with van der Waals surface area (Å²) >= 11 is 7.72. The van der Waals surface area contributed by atoms with Gasteiger partial charge in [0.25, 0.3) is 0 Å². The zero-order chi connectivity index (χ0) is 18.3. The predicted octanol–water partition coefficient (Wildman–Crippen LogP) is 2.86. The number of anilines is 2. The molecule has 1 aliphatic heterocycles. The van der Waals surface area contributed by atoms with Crippen LogP contribution in [0, 0.1) is 0 Å². The zero-order valence-corrected chi connectivity index (χ0v) is 15.8. The number of pyridine rings is 1. The predicted molar refractivity (Wildman–Crippen MR) is 103 cm³/mol. The first-order chi connectivity index (χ1) is 12.4. The molecule has 0 spiro atoms. The number of aliphatic hydroxyl groups is 1. The molecule has 0 radical (unpaired) electrons. The summed E-state index contributed by atoms with van der Waals surface area (Å²) in [4.78, 5) is 17.0. The van der Waals surface area contributed by atoms with Crippen LogP contribution in [0.1, 0.15) is 19.8 Å². The minimum Gasteiger partial charge on any atom is -0.390 e. The van der Waals surface area contributed by atoms with Gasteiger partial charge in [-0.25, -0.2) is 15.0 Å². The molecule has 3 N–H and O–H groups in total. The van der Waals surface area contributed by atoms with Crippen LogP contribution in [0.2, 0.25) is 5.02 Å². The van der Waals surface area contributed by atoms with Crippen LogP contribution in [0.3, 0.4) is 0 Å². The van der Waals surface area contributed by atoms with Gasteiger partial charge in [0.2, 0.25) is 5.95 Å². The molecule has 0 aromatic carbocycles. The van der Waals surface area contributed by atoms with Gasteiger partial charge in [0.05, 0.1) is 15.5 Å². The number of rotatable bonds is 3. The number of piperidine rings is 1. The third kappa shape index (κ3) is 3.20. The van der Waals surface area contributed by atoms with Gasteiger partial charge in [-0.1, -0.05) is 23.4 Å². The molecule has 26 heavy (non-hydrogen) atoms. The van der Waals surface area contributed by atoms with Crippen molar-refractivity contribution < 1.29 is 5.11 Å². The van der Waals surface area contributed by atoms with Gasteiger partial charge in [-0.05, 0) is 25.8 Å². The van der Waals surface area contributed by atoms with Gasteiger partial charge in [-0.2, -0.15) is 0 Å². The molecule has 0 aliphatic carbocycles. The summed E-state index contributed by atoms with van der Waals surface area (Å²) in [6.07, 6.45) is 8.53. The standard InChI is InChI=1S/C17H19ClN6OS/c1-17(25)3-7-23(8-4-17)16-22-10-12(15-21-6-9-24(15)16)26-11-2-5-20-14(19)13(11)18/h2,5-6,9-10,25H,3-4,7-8H2,1H3,(H2,19,20). The van der Waals surface area contributed by atoms with E-state index in [4.69, 9.17) is 17.3 Å². The summed E-state index contributed by atoms with van der Waals surface area (Å²) in [6.45, 7) is 3.40. The minimum atomic E-state index is -0.599. The molecule has 1 fully saturated rings. The van der Waals surface area contributed by atoms with Crippen LogP contribution < -0.4 is 10.6 Å². The molecule has 0 bridgehead atoms. The molecule has 1 saturated heterocycles. The maximum Gasteiger partial charge on any atom is 0.211 e. The van der Waals surface area contributed by atoms with Crippen LogP contribution in [0.5, 0.6) is 0 Å². The van der Waals surface area contributed by atoms with Gasteiger partial charge in [-0.15, -0.1) is 0 Å². The maximum atomic E-state index is 10.2. The highest BCUT2D eigenvalue weighted by Crippen LogP contribution is 2.37. The fourth-order valence-corrected chi connectivity index (χ4v) is 4.15. The van der Waals surface area contributed by atoms with Gasteiger partial charge in [0.15, 0.2) is 5.65 Å². The van der Waals surface area contributed by atoms with Crippen LogP contribution >= 0.6 is 23.4 Å². The van der Waals surface area contributed by atoms with E-state index in [9.17, 15) is 5.11 Å². The summed E-state index contributed by atoms with van der Waals surface area (Å²) in [5, 5.41) is 10.6. The van der Waals surface area contributed by atoms with Gasteiger partial charge >= 0.3 is 0 Å². The van der Waals surface area contributed by atoms with E-state index in [1.165, 1.54) is 11.8 Å². The number of nitrogens with two attached hydrogens (primary N) is 1. The number of halogens is 1. The third-order valence-corrected chi connectivity index (χ3v) is 6.18. The van der Waals surface area contributed by atoms with Crippen molar-refractivity contribution in [1.82, 2.24) is 19.4 Å². The Kier molecular flexibility index (Phi) is 4.42. The summed E-state index contributed by atoms with van der Waals surface area (Å²) in [6, 6.07) is 1.82. The van der Waals surface area contributed by atoms with E-state index in [-0.39, 0.29) is 0 Å². The number of imidazole rings is 1. The quantitative estimate of drug-likeness (QED) is 0.710. The smallest absolute Gasteiger partial charge is 0.211 e. The molecule has 1 aliphatic rings. The summed E-state index contributed by atoms with van der Waals surface area (Å²) in [5.41, 5.74) is 6.00. The lowest BCUT2D eigenvalue weighted by Gasteiger charge is -2.36. The van der Waals surface area contributed by atoms with Crippen molar-refractivity contribution >= 4 is 40.8 Å². The van der Waals surface area contributed by atoms with Gasteiger partial charge in [0.1, 0.15) is 5.82 Å². The number of nitrogens with zero attached hydrogens (tertiary/aromatic N) is 5. The average Bonchev–Trinajstić information content (AvgIpc) is 3.10. The van der Waals surface area contributed by atoms with Crippen molar-refractivity contribution in [2.75, 3.05) is 23.7 Å². The first kappa shape index (κ1) is 17.4. The first-order valence-electron chi connectivity index (χ1n) is 8.32. The molecule has 9 heteroatoms. The molecule has 0 atom stereocenters. The van der Waals surface area contributed by atoms with Gasteiger partial charge in [-0.3, -0.25) is 4.40 Å². The van der Waals surface area contributed by atoms with Crippen molar-refractivity contribution in [3.63, 3.8) is 0 Å². The Hall–Kier alpha value is -2.03. The first-order valence-corrected chi connectivity index (χ1v) is 9.51. The van der Waals surface area contributed by atoms with E-state index in [1.54, 1.807) is 12.4 Å². The van der Waals surface area contributed by atoms with Crippen molar-refractivity contribution in [2.24, 2.45) is 0 Å². The highest BCUT2D eigenvalue weighted by molar-refractivity contribution is 7.99. The minimum absolute atomic E-state index is 0.306. The second-order valence-corrected chi connectivity index (χ2v) is 8.10. The molecule has 0 unspecified atom stereocenters. The molecule has 4 rings (SSSR count). The SMILES string of the molecule is CC1(O)CCN(c2ncc(Sc3ccnc(N)c3Cl)c3nccn23)CC1. The number of nitrogen functional groups attached to an aromatic ring is 1. The molecule has 0 saturated carbocycles. The highest BCUT2D eigenvalue weighted by Gasteiger charge is 2.29. The Balaban J connectivity index is 1.67. The van der Waals surface area contributed by atoms with Gasteiger partial charge in [0, 0.05) is 42.8 Å². The van der Waals surface area contributed by atoms with E-state index in [2.05, 4.69) is 19.9 Å². The third-order valence-electron chi connectivity index (χ3n) is 4.60. The fourth-order valence-electron chi connectivity index (χ4n) is 3.02. The van der Waals surface area contributed by atoms with E-state index < -0.39 is 5.60 Å². The van der Waals surface area contributed by atoms with Crippen molar-refractivity contribution in [2.45, 2.75) is 35.2 Å². The highest BCUT2D eigenvalue weighted by atomic mass is 35.5. The Morgan fingerprint density at radius 1 is 1.19 bits per heavy atom. The van der Waals surface area contributed by atoms with Crippen LogP contribution in [0.4, 0.5) is 11.8 Å². The number of fused-ring (bicyclic) bond motifs is 1. The Morgan fingerprint density at radius 2 is 1.96 bits per heavy atom. The van der Waals surface area contributed by atoms with E-state index in [1.807, 2.05) is 29.8 Å². The summed E-state index contributed by atoms with van der Waals surface area (Å²) in [7, 11) is 0. The summed E-state index contributed by atoms with van der Waals surface area (Å²) < 4.78 is 1.97. The van der Waals surface area contributed by atoms with E-state index in [0.717, 1.165) is 34.5 Å². The molecule has 3 aromatic rings. The van der Waals surface area contributed by atoms with Crippen molar-refractivity contribution in [3.8, 4) is 0 Å². The zero-order valence-electron chi connectivity index (χ0n) is 14.3. The number of hydrogen-bond donors (Lipinski definition) is 2. The molecule has 136 valence electrons. The molecular weight excluding hydrogens is 372 g/mol. The molecular formula is C17H19ClN6OS. The van der Waals surface area contributed by atoms with E-state index in [0.29, 0.717) is 23.7 Å². The van der Waals surface area contributed by atoms with Crippen LogP contribution in [-0.4, -0.2) is 43.1 Å². The fraction of sp³-hybridized carbons (Fsp3) is 0.353. The van der Waals surface area contributed by atoms with Crippen LogP contribution in [0.15, 0.2) is 40.6 Å². The molecule has 4 heterocycles. The van der Waals surface area contributed by atoms with E-state index >= 15 is 0 Å². The lowest BCUT2D eigenvalue weighted by molar-refractivity contribution is 0.0348. The Bertz CT molecular complexity index is 950. The summed E-state index contributed by atoms with van der Waals surface area (Å²) in [5.74, 6) is 1.14. The molecule has 0 amide bonds. The van der Waals surface area contributed by atoms with Crippen molar-refractivity contribution in [1.29, 1.82) is 0 Å². The van der Waals surface area contributed by atoms with Crippen LogP contribution in [-0.2, 0) is 0 Å². The molecule has 3 aromatic heterocycles. The molecule has 7 nitrogen and oxygen atoms in total. The van der Waals surface area contributed by atoms with Gasteiger partial charge < -0.3 is 15.7 Å². The van der Waals surface area contributed by atoms with Crippen LogP contribution in [0.25, 0.3) is 5.65 Å². The second-order valence-electron chi connectivity index (χ2n) is 6.64. The topological polar surface area (TPSA) is 92.6 Å². The number of hydrogen-bond acceptors (Lipinski definition) is 7. The number of aromatic nitrogens is 4. The van der Waals surface area contributed by atoms with Crippen molar-refractivity contribution in [3.05, 3.63) is 35.9 Å². The lowest BCUT2D eigenvalue weighted by atomic mass is 9.94. The lowest BCUT2D eigenvalue weighted by Crippen LogP contribution is -2.43. The normalized spacial score (nSPS) is 17.0.